The molecule has 158 valence electrons. The number of anilines is 1. The Morgan fingerprint density at radius 1 is 1.21 bits per heavy atom. The number of thiophene rings is 1. The van der Waals surface area contributed by atoms with Crippen LogP contribution >= 0.6 is 34.7 Å². The summed E-state index contributed by atoms with van der Waals surface area (Å²) in [6.45, 7) is 2.17. The highest BCUT2D eigenvalue weighted by Gasteiger charge is 2.27. The van der Waals surface area contributed by atoms with Crippen molar-refractivity contribution in [2.75, 3.05) is 49.1 Å². The van der Waals surface area contributed by atoms with E-state index in [-0.39, 0.29) is 24.0 Å². The van der Waals surface area contributed by atoms with Crippen molar-refractivity contribution in [3.8, 4) is 0 Å². The molecule has 1 fully saturated rings. The average molecular weight is 475 g/mol. The van der Waals surface area contributed by atoms with Crippen molar-refractivity contribution in [1.29, 1.82) is 0 Å². The van der Waals surface area contributed by atoms with E-state index < -0.39 is 10.0 Å². The number of carbonyl (C=O) groups is 1. The SMILES string of the molecule is O=C(CSCc1ccc(Cl)s1)NCCS(=O)(=O)N1CCN(c2ccccn2)CC1. The molecule has 3 heterocycles. The van der Waals surface area contributed by atoms with Gasteiger partial charge in [0.25, 0.3) is 0 Å². The van der Waals surface area contributed by atoms with Crippen LogP contribution in [-0.2, 0) is 20.6 Å². The van der Waals surface area contributed by atoms with E-state index in [1.165, 1.54) is 27.4 Å². The summed E-state index contributed by atoms with van der Waals surface area (Å²) in [6, 6.07) is 9.48. The highest BCUT2D eigenvalue weighted by Crippen LogP contribution is 2.25. The van der Waals surface area contributed by atoms with E-state index in [0.29, 0.717) is 31.9 Å². The molecule has 0 bridgehead atoms. The zero-order valence-corrected chi connectivity index (χ0v) is 19.0. The van der Waals surface area contributed by atoms with E-state index in [9.17, 15) is 13.2 Å². The largest absolute Gasteiger partial charge is 0.354 e. The van der Waals surface area contributed by atoms with Gasteiger partial charge in [-0.3, -0.25) is 4.79 Å². The summed E-state index contributed by atoms with van der Waals surface area (Å²) in [5, 5.41) is 2.70. The lowest BCUT2D eigenvalue weighted by Gasteiger charge is -2.34. The third-order valence-electron chi connectivity index (χ3n) is 4.39. The number of sulfonamides is 1. The van der Waals surface area contributed by atoms with Crippen LogP contribution in [0.15, 0.2) is 36.5 Å². The van der Waals surface area contributed by atoms with E-state index >= 15 is 0 Å². The van der Waals surface area contributed by atoms with Crippen LogP contribution in [0.3, 0.4) is 0 Å². The molecule has 7 nitrogen and oxygen atoms in total. The van der Waals surface area contributed by atoms with Crippen molar-refractivity contribution in [2.24, 2.45) is 0 Å². The lowest BCUT2D eigenvalue weighted by molar-refractivity contribution is -0.118. The number of nitrogens with zero attached hydrogens (tertiary/aromatic N) is 3. The molecule has 2 aromatic rings. The molecule has 0 unspecified atom stereocenters. The summed E-state index contributed by atoms with van der Waals surface area (Å²) < 4.78 is 27.3. The van der Waals surface area contributed by atoms with Crippen LogP contribution in [0.4, 0.5) is 5.82 Å². The molecule has 1 aliphatic heterocycles. The number of rotatable bonds is 9. The second-order valence-electron chi connectivity index (χ2n) is 6.44. The van der Waals surface area contributed by atoms with Gasteiger partial charge in [-0.1, -0.05) is 17.7 Å². The molecule has 1 saturated heterocycles. The molecule has 3 rings (SSSR count). The first kappa shape index (κ1) is 22.4. The summed E-state index contributed by atoms with van der Waals surface area (Å²) in [5.41, 5.74) is 0. The van der Waals surface area contributed by atoms with Gasteiger partial charge in [0.1, 0.15) is 5.82 Å². The summed E-state index contributed by atoms with van der Waals surface area (Å²) >= 11 is 8.86. The number of hydrogen-bond donors (Lipinski definition) is 1. The van der Waals surface area contributed by atoms with Crippen LogP contribution in [0.2, 0.25) is 4.34 Å². The number of carbonyl (C=O) groups excluding carboxylic acids is 1. The second kappa shape index (κ2) is 10.6. The Bertz CT molecular complexity index is 900. The van der Waals surface area contributed by atoms with Crippen molar-refractivity contribution in [1.82, 2.24) is 14.6 Å². The van der Waals surface area contributed by atoms with Gasteiger partial charge in [-0.2, -0.15) is 4.31 Å². The highest BCUT2D eigenvalue weighted by atomic mass is 35.5. The Labute approximate surface area is 184 Å². The molecule has 2 aromatic heterocycles. The molecular weight excluding hydrogens is 452 g/mol. The minimum atomic E-state index is -3.39. The van der Waals surface area contributed by atoms with Crippen LogP contribution in [0, 0.1) is 0 Å². The Hall–Kier alpha value is -1.33. The molecule has 0 radical (unpaired) electrons. The average Bonchev–Trinajstić information content (AvgIpc) is 3.14. The first-order chi connectivity index (χ1) is 13.9. The summed E-state index contributed by atoms with van der Waals surface area (Å²) in [5.74, 6) is 1.61. The van der Waals surface area contributed by atoms with E-state index in [1.807, 2.05) is 30.3 Å². The smallest absolute Gasteiger partial charge is 0.230 e. The Morgan fingerprint density at radius 3 is 2.66 bits per heavy atom. The molecule has 0 aliphatic carbocycles. The zero-order valence-electron chi connectivity index (χ0n) is 15.8. The van der Waals surface area contributed by atoms with Crippen LogP contribution in [0.1, 0.15) is 4.88 Å². The molecule has 1 amide bonds. The molecule has 29 heavy (non-hydrogen) atoms. The monoisotopic (exact) mass is 474 g/mol. The maximum atomic E-state index is 12.5. The zero-order chi connectivity index (χ0) is 20.7. The number of aromatic nitrogens is 1. The topological polar surface area (TPSA) is 82.6 Å². The maximum absolute atomic E-state index is 12.5. The van der Waals surface area contributed by atoms with Gasteiger partial charge in [-0.15, -0.1) is 23.1 Å². The van der Waals surface area contributed by atoms with Crippen LogP contribution < -0.4 is 10.2 Å². The van der Waals surface area contributed by atoms with Gasteiger partial charge in [0, 0.05) is 49.6 Å². The molecule has 0 aromatic carbocycles. The van der Waals surface area contributed by atoms with Crippen LogP contribution in [0.5, 0.6) is 0 Å². The number of amides is 1. The quantitative estimate of drug-likeness (QED) is 0.600. The molecule has 1 N–H and O–H groups in total. The fourth-order valence-corrected chi connectivity index (χ4v) is 6.30. The molecule has 11 heteroatoms. The normalized spacial score (nSPS) is 15.4. The Morgan fingerprint density at radius 2 is 2.00 bits per heavy atom. The first-order valence-corrected chi connectivity index (χ1v) is 13.1. The van der Waals surface area contributed by atoms with Crippen molar-refractivity contribution in [2.45, 2.75) is 5.75 Å². The molecule has 0 saturated carbocycles. The summed E-state index contributed by atoms with van der Waals surface area (Å²) in [7, 11) is -3.39. The van der Waals surface area contributed by atoms with E-state index in [0.717, 1.165) is 15.0 Å². The van der Waals surface area contributed by atoms with Gasteiger partial charge in [-0.25, -0.2) is 13.4 Å². The molecule has 1 aliphatic rings. The number of thioether (sulfide) groups is 1. The molecule has 0 atom stereocenters. The number of hydrogen-bond acceptors (Lipinski definition) is 7. The summed E-state index contributed by atoms with van der Waals surface area (Å²) in [4.78, 5) is 19.4. The standard InChI is InChI=1S/C18H23ClN4O3S3/c19-16-5-4-15(28-16)13-27-14-18(24)21-7-12-29(25,26)23-10-8-22(9-11-23)17-3-1-2-6-20-17/h1-6H,7-14H2,(H,21,24). The van der Waals surface area contributed by atoms with Crippen LogP contribution in [-0.4, -0.2) is 67.8 Å². The van der Waals surface area contributed by atoms with Crippen molar-refractivity contribution in [3.05, 3.63) is 45.7 Å². The van der Waals surface area contributed by atoms with E-state index in [2.05, 4.69) is 15.2 Å². The number of halogens is 1. The van der Waals surface area contributed by atoms with Gasteiger partial charge in [0.05, 0.1) is 15.8 Å². The minimum Gasteiger partial charge on any atom is -0.354 e. The number of pyridine rings is 1. The lowest BCUT2D eigenvalue weighted by Crippen LogP contribution is -2.50. The van der Waals surface area contributed by atoms with Gasteiger partial charge in [-0.05, 0) is 24.3 Å². The highest BCUT2D eigenvalue weighted by molar-refractivity contribution is 7.99. The fourth-order valence-electron chi connectivity index (χ4n) is 2.91. The second-order valence-corrected chi connectivity index (χ2v) is 11.3. The van der Waals surface area contributed by atoms with Gasteiger partial charge < -0.3 is 10.2 Å². The molecular formula is C18H23ClN4O3S3. The number of piperazine rings is 1. The van der Waals surface area contributed by atoms with Crippen molar-refractivity contribution >= 4 is 56.4 Å². The lowest BCUT2D eigenvalue weighted by atomic mass is 10.3. The van der Waals surface area contributed by atoms with Gasteiger partial charge in [0.15, 0.2) is 0 Å². The predicted octanol–water partition coefficient (Wildman–Crippen LogP) is 2.30. The third kappa shape index (κ3) is 6.85. The first-order valence-electron chi connectivity index (χ1n) is 9.16. The van der Waals surface area contributed by atoms with E-state index in [1.54, 1.807) is 6.20 Å². The Balaban J connectivity index is 1.35. The fraction of sp³-hybridized carbons (Fsp3) is 0.444. The van der Waals surface area contributed by atoms with Crippen molar-refractivity contribution in [3.63, 3.8) is 0 Å². The third-order valence-corrected chi connectivity index (χ3v) is 8.66. The minimum absolute atomic E-state index is 0.0898. The Kier molecular flexibility index (Phi) is 8.19. The predicted molar refractivity (Wildman–Crippen MR) is 120 cm³/mol. The van der Waals surface area contributed by atoms with Crippen molar-refractivity contribution < 1.29 is 13.2 Å². The van der Waals surface area contributed by atoms with E-state index in [4.69, 9.17) is 11.6 Å². The maximum Gasteiger partial charge on any atom is 0.230 e. The van der Waals surface area contributed by atoms with Gasteiger partial charge >= 0.3 is 0 Å². The van der Waals surface area contributed by atoms with Crippen LogP contribution in [0.25, 0.3) is 0 Å². The molecule has 0 spiro atoms. The van der Waals surface area contributed by atoms with Gasteiger partial charge in [0.2, 0.25) is 15.9 Å². The number of nitrogens with one attached hydrogen (secondary N) is 1. The summed E-state index contributed by atoms with van der Waals surface area (Å²) in [6.07, 6.45) is 1.73.